The van der Waals surface area contributed by atoms with Crippen molar-refractivity contribution in [2.75, 3.05) is 32.0 Å². The molecule has 5 rings (SSSR count). The molecule has 1 heterocycles. The van der Waals surface area contributed by atoms with E-state index in [0.29, 0.717) is 44.2 Å². The molecule has 4 aromatic carbocycles. The van der Waals surface area contributed by atoms with Crippen LogP contribution >= 0.6 is 34.7 Å². The Labute approximate surface area is 302 Å². The van der Waals surface area contributed by atoms with Gasteiger partial charge in [0, 0.05) is 32.1 Å². The van der Waals surface area contributed by atoms with Gasteiger partial charge in [-0.25, -0.2) is 4.98 Å². The van der Waals surface area contributed by atoms with Gasteiger partial charge in [0.15, 0.2) is 16.6 Å². The Bertz CT molecular complexity index is 1990. The summed E-state index contributed by atoms with van der Waals surface area (Å²) >= 11 is 8.65. The average Bonchev–Trinajstić information content (AvgIpc) is 3.59. The van der Waals surface area contributed by atoms with Crippen LogP contribution in [0.15, 0.2) is 107 Å². The zero-order chi connectivity index (χ0) is 35.6. The molecule has 1 aromatic heterocycles. The van der Waals surface area contributed by atoms with Crippen molar-refractivity contribution in [3.05, 3.63) is 118 Å². The van der Waals surface area contributed by atoms with Crippen LogP contribution in [-0.4, -0.2) is 49.3 Å². The van der Waals surface area contributed by atoms with E-state index in [2.05, 4.69) is 20.9 Å². The molecule has 1 atom stereocenters. The second-order valence-corrected chi connectivity index (χ2v) is 13.3. The number of hydrogen-bond donors (Lipinski definition) is 3. The molecular formula is C37H33ClN4O6S2. The van der Waals surface area contributed by atoms with E-state index in [4.69, 9.17) is 25.8 Å². The predicted molar refractivity (Wildman–Crippen MR) is 200 cm³/mol. The molecular weight excluding hydrogens is 696 g/mol. The van der Waals surface area contributed by atoms with Gasteiger partial charge in [0.2, 0.25) is 11.7 Å². The normalized spacial score (nSPS) is 11.7. The quantitative estimate of drug-likeness (QED) is 0.0822. The number of aromatic nitrogens is 1. The number of thioether (sulfide) groups is 1. The first-order valence-electron chi connectivity index (χ1n) is 15.2. The van der Waals surface area contributed by atoms with Gasteiger partial charge in [-0.2, -0.15) is 0 Å². The molecule has 1 unspecified atom stereocenters. The Balaban J connectivity index is 1.31. The number of carbonyl (C=O) groups excluding carboxylic acids is 3. The number of nitrogens with zero attached hydrogens (tertiary/aromatic N) is 1. The second kappa shape index (κ2) is 16.9. The number of anilines is 2. The molecule has 5 aromatic rings. The largest absolute Gasteiger partial charge is 0.493 e. The number of benzene rings is 4. The van der Waals surface area contributed by atoms with E-state index in [1.54, 1.807) is 79.7 Å². The van der Waals surface area contributed by atoms with Crippen LogP contribution in [-0.2, 0) is 9.59 Å². The number of nitrogens with one attached hydrogen (secondary N) is 3. The highest BCUT2D eigenvalue weighted by atomic mass is 35.5. The fourth-order valence-corrected chi connectivity index (χ4v) is 6.46. The zero-order valence-electron chi connectivity index (χ0n) is 27.5. The molecule has 256 valence electrons. The van der Waals surface area contributed by atoms with Gasteiger partial charge in [-0.05, 0) is 73.2 Å². The number of hydrogen-bond acceptors (Lipinski definition) is 9. The van der Waals surface area contributed by atoms with Crippen molar-refractivity contribution in [1.29, 1.82) is 0 Å². The van der Waals surface area contributed by atoms with Crippen LogP contribution in [0.3, 0.4) is 0 Å². The van der Waals surface area contributed by atoms with Crippen LogP contribution in [0, 0.1) is 0 Å². The van der Waals surface area contributed by atoms with Gasteiger partial charge in [-0.1, -0.05) is 48.0 Å². The second-order valence-electron chi connectivity index (χ2n) is 10.6. The van der Waals surface area contributed by atoms with Crippen LogP contribution in [0.4, 0.5) is 10.8 Å². The SMILES string of the molecule is COc1cc(/C=C(/NC(=O)c2ccccc2)C(=O)Nc2cccc(SC(C)C(=O)Nc3nc(-c4ccc(Cl)cc4)cs3)c2)cc(OC)c1OC. The third-order valence-corrected chi connectivity index (χ3v) is 9.28. The van der Waals surface area contributed by atoms with E-state index in [-0.39, 0.29) is 11.6 Å². The van der Waals surface area contributed by atoms with E-state index in [1.807, 2.05) is 23.6 Å². The zero-order valence-corrected chi connectivity index (χ0v) is 29.9. The van der Waals surface area contributed by atoms with Crippen LogP contribution in [0.25, 0.3) is 17.3 Å². The van der Waals surface area contributed by atoms with Crippen LogP contribution in [0.1, 0.15) is 22.8 Å². The van der Waals surface area contributed by atoms with E-state index >= 15 is 0 Å². The summed E-state index contributed by atoms with van der Waals surface area (Å²) in [5.41, 5.74) is 2.96. The van der Waals surface area contributed by atoms with E-state index in [9.17, 15) is 14.4 Å². The van der Waals surface area contributed by atoms with Crippen molar-refractivity contribution in [2.24, 2.45) is 0 Å². The maximum absolute atomic E-state index is 13.7. The molecule has 0 saturated heterocycles. The summed E-state index contributed by atoms with van der Waals surface area (Å²) < 4.78 is 16.3. The lowest BCUT2D eigenvalue weighted by Crippen LogP contribution is -2.30. The maximum Gasteiger partial charge on any atom is 0.272 e. The van der Waals surface area contributed by atoms with Crippen molar-refractivity contribution in [2.45, 2.75) is 17.1 Å². The number of methoxy groups -OCH3 is 3. The first kappa shape index (κ1) is 36.0. The van der Waals surface area contributed by atoms with E-state index < -0.39 is 17.1 Å². The Kier molecular flexibility index (Phi) is 12.2. The summed E-state index contributed by atoms with van der Waals surface area (Å²) in [4.78, 5) is 45.2. The molecule has 0 saturated carbocycles. The van der Waals surface area contributed by atoms with Gasteiger partial charge < -0.3 is 30.2 Å². The first-order chi connectivity index (χ1) is 24.2. The lowest BCUT2D eigenvalue weighted by atomic mass is 10.1. The van der Waals surface area contributed by atoms with Gasteiger partial charge in [-0.3, -0.25) is 14.4 Å². The van der Waals surface area contributed by atoms with Gasteiger partial charge in [-0.15, -0.1) is 23.1 Å². The Morgan fingerprint density at radius 1 is 0.860 bits per heavy atom. The van der Waals surface area contributed by atoms with Crippen LogP contribution < -0.4 is 30.2 Å². The number of halogens is 1. The molecule has 0 aliphatic heterocycles. The predicted octanol–water partition coefficient (Wildman–Crippen LogP) is 8.02. The molecule has 50 heavy (non-hydrogen) atoms. The standard InChI is InChI=1S/C37H33ClN4O6S2/c1-22(34(43)42-37-41-30(21-49-37)24-13-15-26(38)16-14-24)50-28-12-8-11-27(20-28)39-36(45)29(40-35(44)25-9-6-5-7-10-25)17-23-18-31(46-2)33(48-4)32(19-23)47-3/h5-22H,1-4H3,(H,39,45)(H,40,44)(H,41,42,43)/b29-17+. The molecule has 13 heteroatoms. The van der Waals surface area contributed by atoms with E-state index in [1.165, 1.54) is 50.5 Å². The van der Waals surface area contributed by atoms with Crippen molar-refractivity contribution >= 4 is 69.3 Å². The summed E-state index contributed by atoms with van der Waals surface area (Å²) in [6.07, 6.45) is 1.52. The summed E-state index contributed by atoms with van der Waals surface area (Å²) in [5.74, 6) is -0.113. The van der Waals surface area contributed by atoms with Crippen molar-refractivity contribution < 1.29 is 28.6 Å². The smallest absolute Gasteiger partial charge is 0.272 e. The average molecular weight is 729 g/mol. The highest BCUT2D eigenvalue weighted by Crippen LogP contribution is 2.39. The lowest BCUT2D eigenvalue weighted by molar-refractivity contribution is -0.115. The van der Waals surface area contributed by atoms with E-state index in [0.717, 1.165) is 16.2 Å². The number of rotatable bonds is 13. The van der Waals surface area contributed by atoms with Crippen molar-refractivity contribution in [1.82, 2.24) is 10.3 Å². The third-order valence-electron chi connectivity index (χ3n) is 7.18. The number of ether oxygens (including phenoxy) is 3. The molecule has 3 N–H and O–H groups in total. The van der Waals surface area contributed by atoms with Crippen molar-refractivity contribution in [3.63, 3.8) is 0 Å². The van der Waals surface area contributed by atoms with Crippen LogP contribution in [0.2, 0.25) is 5.02 Å². The lowest BCUT2D eigenvalue weighted by Gasteiger charge is -2.15. The monoisotopic (exact) mass is 728 g/mol. The first-order valence-corrected chi connectivity index (χ1v) is 17.3. The minimum absolute atomic E-state index is 0.0275. The molecule has 0 fully saturated rings. The topological polar surface area (TPSA) is 128 Å². The van der Waals surface area contributed by atoms with Gasteiger partial charge >= 0.3 is 0 Å². The molecule has 10 nitrogen and oxygen atoms in total. The van der Waals surface area contributed by atoms with Crippen LogP contribution in [0.5, 0.6) is 17.2 Å². The van der Waals surface area contributed by atoms with Gasteiger partial charge in [0.1, 0.15) is 5.70 Å². The van der Waals surface area contributed by atoms with Gasteiger partial charge in [0.25, 0.3) is 11.8 Å². The highest BCUT2D eigenvalue weighted by Gasteiger charge is 2.20. The minimum Gasteiger partial charge on any atom is -0.493 e. The van der Waals surface area contributed by atoms with Crippen molar-refractivity contribution in [3.8, 4) is 28.5 Å². The number of carbonyl (C=O) groups is 3. The molecule has 0 aliphatic carbocycles. The number of thiazole rings is 1. The minimum atomic E-state index is -0.573. The van der Waals surface area contributed by atoms with Gasteiger partial charge in [0.05, 0.1) is 32.3 Å². The number of amides is 3. The summed E-state index contributed by atoms with van der Waals surface area (Å²) in [5, 5.41) is 11.0. The molecule has 0 aliphatic rings. The summed E-state index contributed by atoms with van der Waals surface area (Å²) in [7, 11) is 4.47. The molecule has 0 radical (unpaired) electrons. The Morgan fingerprint density at radius 3 is 2.22 bits per heavy atom. The highest BCUT2D eigenvalue weighted by molar-refractivity contribution is 8.00. The summed E-state index contributed by atoms with van der Waals surface area (Å²) in [6.45, 7) is 1.79. The third kappa shape index (κ3) is 9.23. The Morgan fingerprint density at radius 2 is 1.56 bits per heavy atom. The molecule has 3 amide bonds. The fourth-order valence-electron chi connectivity index (χ4n) is 4.69. The maximum atomic E-state index is 13.7. The fraction of sp³-hybridized carbons (Fsp3) is 0.135. The Hall–Kier alpha value is -5.30. The molecule has 0 spiro atoms. The molecule has 0 bridgehead atoms. The summed E-state index contributed by atoms with van der Waals surface area (Å²) in [6, 6.07) is 26.3.